The number of hydrogen-bond donors (Lipinski definition) is 1. The Balaban J connectivity index is 2.28. The molecule has 2 aromatic rings. The normalized spacial score (nSPS) is 13.6. The number of aryl methyl sites for hydroxylation is 1. The highest BCUT2D eigenvalue weighted by Gasteiger charge is 2.30. The summed E-state index contributed by atoms with van der Waals surface area (Å²) in [6.45, 7) is 1.76. The van der Waals surface area contributed by atoms with E-state index in [1.807, 2.05) is 0 Å². The first-order chi connectivity index (χ1) is 8.39. The average molecular weight is 256 g/mol. The van der Waals surface area contributed by atoms with Crippen LogP contribution in [0, 0.1) is 6.92 Å². The lowest BCUT2D eigenvalue weighted by Gasteiger charge is -2.11. The molecule has 0 bridgehead atoms. The van der Waals surface area contributed by atoms with E-state index in [-0.39, 0.29) is 0 Å². The average Bonchev–Trinajstić information content (AvgIpc) is 2.73. The molecule has 18 heavy (non-hydrogen) atoms. The number of aliphatic hydroxyl groups excluding tert-OH is 1. The minimum absolute atomic E-state index is 0.342. The topological polar surface area (TPSA) is 33.4 Å². The van der Waals surface area contributed by atoms with E-state index in [1.54, 1.807) is 13.0 Å². The lowest BCUT2D eigenvalue weighted by Crippen LogP contribution is -2.06. The predicted octanol–water partition coefficient (Wildman–Crippen LogP) is 3.69. The zero-order chi connectivity index (χ0) is 13.3. The standard InChI is InChI=1S/C13H11F3O2/c1-8-6-7-18-12(8)11(17)9-2-4-10(5-3-9)13(14,15)16/h2-7,11,17H,1H3. The van der Waals surface area contributed by atoms with Crippen molar-refractivity contribution >= 4 is 0 Å². The van der Waals surface area contributed by atoms with Crippen molar-refractivity contribution in [3.63, 3.8) is 0 Å². The minimum Gasteiger partial charge on any atom is -0.466 e. The van der Waals surface area contributed by atoms with Crippen LogP contribution in [0.1, 0.15) is 28.6 Å². The Hall–Kier alpha value is -1.75. The largest absolute Gasteiger partial charge is 0.466 e. The first-order valence-corrected chi connectivity index (χ1v) is 5.29. The Morgan fingerprint density at radius 1 is 1.11 bits per heavy atom. The van der Waals surface area contributed by atoms with Gasteiger partial charge in [0.1, 0.15) is 11.9 Å². The number of hydrogen-bond acceptors (Lipinski definition) is 2. The van der Waals surface area contributed by atoms with Gasteiger partial charge in [-0.05, 0) is 36.2 Å². The Bertz CT molecular complexity index is 526. The molecule has 1 atom stereocenters. The molecule has 2 nitrogen and oxygen atoms in total. The summed E-state index contributed by atoms with van der Waals surface area (Å²) in [4.78, 5) is 0. The maximum Gasteiger partial charge on any atom is 0.416 e. The Labute approximate surface area is 102 Å². The van der Waals surface area contributed by atoms with E-state index in [2.05, 4.69) is 0 Å². The molecule has 0 aliphatic heterocycles. The van der Waals surface area contributed by atoms with Crippen LogP contribution in [-0.2, 0) is 6.18 Å². The minimum atomic E-state index is -4.37. The zero-order valence-corrected chi connectivity index (χ0v) is 9.53. The van der Waals surface area contributed by atoms with Gasteiger partial charge in [-0.25, -0.2) is 0 Å². The van der Waals surface area contributed by atoms with Crippen LogP contribution in [0.4, 0.5) is 13.2 Å². The second-order valence-electron chi connectivity index (χ2n) is 3.99. The van der Waals surface area contributed by atoms with E-state index in [4.69, 9.17) is 4.42 Å². The summed E-state index contributed by atoms with van der Waals surface area (Å²) in [7, 11) is 0. The van der Waals surface area contributed by atoms with Crippen molar-refractivity contribution in [3.05, 3.63) is 59.0 Å². The van der Waals surface area contributed by atoms with Crippen LogP contribution in [0.15, 0.2) is 41.0 Å². The third kappa shape index (κ3) is 2.41. The molecule has 0 saturated heterocycles. The highest BCUT2D eigenvalue weighted by Crippen LogP contribution is 2.31. The molecule has 0 spiro atoms. The number of furan rings is 1. The van der Waals surface area contributed by atoms with Crippen molar-refractivity contribution in [2.75, 3.05) is 0 Å². The van der Waals surface area contributed by atoms with Crippen LogP contribution in [0.25, 0.3) is 0 Å². The molecule has 1 N–H and O–H groups in total. The smallest absolute Gasteiger partial charge is 0.416 e. The Morgan fingerprint density at radius 3 is 2.17 bits per heavy atom. The lowest BCUT2D eigenvalue weighted by molar-refractivity contribution is -0.137. The number of aliphatic hydroxyl groups is 1. The molecular formula is C13H11F3O2. The fourth-order valence-corrected chi connectivity index (χ4v) is 1.67. The van der Waals surface area contributed by atoms with Crippen molar-refractivity contribution < 1.29 is 22.7 Å². The van der Waals surface area contributed by atoms with Crippen LogP contribution < -0.4 is 0 Å². The number of benzene rings is 1. The van der Waals surface area contributed by atoms with E-state index in [9.17, 15) is 18.3 Å². The van der Waals surface area contributed by atoms with Crippen LogP contribution >= 0.6 is 0 Å². The molecule has 0 fully saturated rings. The summed E-state index contributed by atoms with van der Waals surface area (Å²) in [6.07, 6.45) is -4.00. The van der Waals surface area contributed by atoms with E-state index in [0.29, 0.717) is 11.3 Å². The van der Waals surface area contributed by atoms with E-state index in [0.717, 1.165) is 17.7 Å². The molecule has 0 amide bonds. The molecule has 1 aromatic heterocycles. The van der Waals surface area contributed by atoms with Gasteiger partial charge in [-0.1, -0.05) is 12.1 Å². The fourth-order valence-electron chi connectivity index (χ4n) is 1.67. The Morgan fingerprint density at radius 2 is 1.72 bits per heavy atom. The van der Waals surface area contributed by atoms with Gasteiger partial charge in [-0.3, -0.25) is 0 Å². The van der Waals surface area contributed by atoms with Crippen molar-refractivity contribution in [3.8, 4) is 0 Å². The zero-order valence-electron chi connectivity index (χ0n) is 9.53. The summed E-state index contributed by atoms with van der Waals surface area (Å²) in [5.74, 6) is 0.342. The monoisotopic (exact) mass is 256 g/mol. The van der Waals surface area contributed by atoms with Crippen molar-refractivity contribution in [1.29, 1.82) is 0 Å². The maximum atomic E-state index is 12.4. The summed E-state index contributed by atoms with van der Waals surface area (Å²) in [5.41, 5.74) is 0.373. The highest BCUT2D eigenvalue weighted by molar-refractivity contribution is 5.31. The predicted molar refractivity (Wildman–Crippen MR) is 59.0 cm³/mol. The molecule has 0 saturated carbocycles. The third-order valence-electron chi connectivity index (χ3n) is 2.70. The first-order valence-electron chi connectivity index (χ1n) is 5.29. The van der Waals surface area contributed by atoms with E-state index < -0.39 is 17.8 Å². The number of alkyl halides is 3. The maximum absolute atomic E-state index is 12.4. The van der Waals surface area contributed by atoms with Gasteiger partial charge >= 0.3 is 6.18 Å². The van der Waals surface area contributed by atoms with Gasteiger partial charge < -0.3 is 9.52 Å². The van der Waals surface area contributed by atoms with Gasteiger partial charge in [0.25, 0.3) is 0 Å². The van der Waals surface area contributed by atoms with Gasteiger partial charge in [0.15, 0.2) is 0 Å². The summed E-state index contributed by atoms with van der Waals surface area (Å²) in [6, 6.07) is 6.06. The number of halogens is 3. The summed E-state index contributed by atoms with van der Waals surface area (Å²) >= 11 is 0. The van der Waals surface area contributed by atoms with Crippen molar-refractivity contribution in [2.45, 2.75) is 19.2 Å². The third-order valence-corrected chi connectivity index (χ3v) is 2.70. The molecular weight excluding hydrogens is 245 g/mol. The van der Waals surface area contributed by atoms with Gasteiger partial charge in [0.2, 0.25) is 0 Å². The van der Waals surface area contributed by atoms with Crippen molar-refractivity contribution in [1.82, 2.24) is 0 Å². The molecule has 0 radical (unpaired) electrons. The lowest BCUT2D eigenvalue weighted by atomic mass is 10.0. The SMILES string of the molecule is Cc1ccoc1C(O)c1ccc(C(F)(F)F)cc1. The van der Waals surface area contributed by atoms with Gasteiger partial charge in [-0.2, -0.15) is 13.2 Å². The molecule has 1 heterocycles. The fraction of sp³-hybridized carbons (Fsp3) is 0.231. The molecule has 0 aliphatic rings. The van der Waals surface area contributed by atoms with E-state index >= 15 is 0 Å². The molecule has 96 valence electrons. The quantitative estimate of drug-likeness (QED) is 0.889. The molecule has 1 unspecified atom stereocenters. The second kappa shape index (κ2) is 4.49. The Kier molecular flexibility index (Phi) is 3.17. The van der Waals surface area contributed by atoms with Crippen LogP contribution in [0.3, 0.4) is 0 Å². The first kappa shape index (κ1) is 12.7. The number of rotatable bonds is 2. The van der Waals surface area contributed by atoms with E-state index in [1.165, 1.54) is 18.4 Å². The molecule has 0 aliphatic carbocycles. The molecule has 5 heteroatoms. The highest BCUT2D eigenvalue weighted by atomic mass is 19.4. The van der Waals surface area contributed by atoms with Crippen LogP contribution in [-0.4, -0.2) is 5.11 Å². The summed E-state index contributed by atoms with van der Waals surface area (Å²) < 4.78 is 42.2. The summed E-state index contributed by atoms with van der Waals surface area (Å²) in [5, 5.41) is 9.98. The van der Waals surface area contributed by atoms with Gasteiger partial charge in [-0.15, -0.1) is 0 Å². The van der Waals surface area contributed by atoms with Crippen LogP contribution in [0.5, 0.6) is 0 Å². The second-order valence-corrected chi connectivity index (χ2v) is 3.99. The molecule has 1 aromatic carbocycles. The van der Waals surface area contributed by atoms with Crippen LogP contribution in [0.2, 0.25) is 0 Å². The van der Waals surface area contributed by atoms with Gasteiger partial charge in [0.05, 0.1) is 11.8 Å². The molecule has 2 rings (SSSR count). The van der Waals surface area contributed by atoms with Crippen molar-refractivity contribution in [2.24, 2.45) is 0 Å². The van der Waals surface area contributed by atoms with Gasteiger partial charge in [0, 0.05) is 0 Å².